The van der Waals surface area contributed by atoms with Crippen LogP contribution in [0.4, 0.5) is 0 Å². The number of nitrogens with zero attached hydrogens (tertiary/aromatic N) is 1. The molecule has 0 fully saturated rings. The van der Waals surface area contributed by atoms with Crippen LogP contribution in [0.25, 0.3) is 0 Å². The van der Waals surface area contributed by atoms with E-state index in [9.17, 15) is 0 Å². The van der Waals surface area contributed by atoms with E-state index in [1.54, 1.807) is 6.20 Å². The summed E-state index contributed by atoms with van der Waals surface area (Å²) in [7, 11) is 0. The van der Waals surface area contributed by atoms with E-state index >= 15 is 0 Å². The highest BCUT2D eigenvalue weighted by Crippen LogP contribution is 2.20. The summed E-state index contributed by atoms with van der Waals surface area (Å²) in [5.74, 6) is 0. The van der Waals surface area contributed by atoms with Crippen molar-refractivity contribution in [3.63, 3.8) is 0 Å². The highest BCUT2D eigenvalue weighted by Gasteiger charge is 2.15. The highest BCUT2D eigenvalue weighted by molar-refractivity contribution is 5.06. The Balaban J connectivity index is 2.17. The molecular weight excluding hydrogens is 142 g/mol. The standard InChI is InChI=1S/C8H7NO2/c1-2-4-9-7(3-1)8-10-5-6-11-8/h1-6,8H. The van der Waals surface area contributed by atoms with Gasteiger partial charge in [-0.15, -0.1) is 0 Å². The Morgan fingerprint density at radius 2 is 2.00 bits per heavy atom. The van der Waals surface area contributed by atoms with Gasteiger partial charge in [0.05, 0.1) is 0 Å². The van der Waals surface area contributed by atoms with Crippen LogP contribution in [0, 0.1) is 0 Å². The van der Waals surface area contributed by atoms with Gasteiger partial charge in [-0.05, 0) is 12.1 Å². The van der Waals surface area contributed by atoms with Crippen molar-refractivity contribution in [1.29, 1.82) is 0 Å². The van der Waals surface area contributed by atoms with E-state index in [4.69, 9.17) is 9.47 Å². The second kappa shape index (κ2) is 2.62. The maximum absolute atomic E-state index is 5.07. The molecule has 56 valence electrons. The van der Waals surface area contributed by atoms with Crippen molar-refractivity contribution in [1.82, 2.24) is 4.98 Å². The summed E-state index contributed by atoms with van der Waals surface area (Å²) in [6.07, 6.45) is 4.38. The highest BCUT2D eigenvalue weighted by atomic mass is 16.7. The lowest BCUT2D eigenvalue weighted by Crippen LogP contribution is -1.99. The Morgan fingerprint density at radius 1 is 1.18 bits per heavy atom. The van der Waals surface area contributed by atoms with E-state index < -0.39 is 0 Å². The largest absolute Gasteiger partial charge is 0.454 e. The third-order valence-electron chi connectivity index (χ3n) is 1.39. The van der Waals surface area contributed by atoms with Crippen LogP contribution in [0.5, 0.6) is 0 Å². The minimum Gasteiger partial charge on any atom is -0.454 e. The van der Waals surface area contributed by atoms with E-state index in [0.717, 1.165) is 5.69 Å². The molecule has 0 atom stereocenters. The fraction of sp³-hybridized carbons (Fsp3) is 0.125. The predicted octanol–water partition coefficient (Wildman–Crippen LogP) is 1.60. The van der Waals surface area contributed by atoms with Gasteiger partial charge < -0.3 is 9.47 Å². The van der Waals surface area contributed by atoms with Crippen molar-refractivity contribution in [2.45, 2.75) is 6.29 Å². The smallest absolute Gasteiger partial charge is 0.283 e. The Hall–Kier alpha value is -1.51. The van der Waals surface area contributed by atoms with E-state index in [-0.39, 0.29) is 6.29 Å². The van der Waals surface area contributed by atoms with Gasteiger partial charge in [0, 0.05) is 6.20 Å². The first-order valence-corrected chi connectivity index (χ1v) is 3.34. The summed E-state index contributed by atoms with van der Waals surface area (Å²) in [5.41, 5.74) is 0.789. The van der Waals surface area contributed by atoms with Crippen LogP contribution < -0.4 is 0 Å². The number of rotatable bonds is 1. The van der Waals surface area contributed by atoms with Gasteiger partial charge >= 0.3 is 0 Å². The van der Waals surface area contributed by atoms with Crippen LogP contribution in [-0.2, 0) is 9.47 Å². The molecule has 0 saturated heterocycles. The van der Waals surface area contributed by atoms with Crippen LogP contribution in [0.2, 0.25) is 0 Å². The fourth-order valence-corrected chi connectivity index (χ4v) is 0.894. The van der Waals surface area contributed by atoms with Crippen molar-refractivity contribution in [2.24, 2.45) is 0 Å². The SMILES string of the molecule is C1=COC(c2ccccn2)O1. The van der Waals surface area contributed by atoms with Crippen LogP contribution in [0.1, 0.15) is 12.0 Å². The minimum atomic E-state index is -0.351. The summed E-state index contributed by atoms with van der Waals surface area (Å²) in [5, 5.41) is 0. The molecule has 0 amide bonds. The Kier molecular flexibility index (Phi) is 1.48. The second-order valence-corrected chi connectivity index (χ2v) is 2.13. The van der Waals surface area contributed by atoms with E-state index in [2.05, 4.69) is 4.98 Å². The molecule has 0 radical (unpaired) electrons. The lowest BCUT2D eigenvalue weighted by atomic mass is 10.3. The maximum atomic E-state index is 5.07. The molecule has 3 heteroatoms. The lowest BCUT2D eigenvalue weighted by molar-refractivity contribution is -0.0279. The molecular formula is C8H7NO2. The molecule has 11 heavy (non-hydrogen) atoms. The maximum Gasteiger partial charge on any atom is 0.283 e. The molecule has 0 saturated carbocycles. The monoisotopic (exact) mass is 149 g/mol. The zero-order valence-electron chi connectivity index (χ0n) is 5.81. The number of ether oxygens (including phenoxy) is 2. The third kappa shape index (κ3) is 1.17. The third-order valence-corrected chi connectivity index (χ3v) is 1.39. The van der Waals surface area contributed by atoms with Gasteiger partial charge in [0.25, 0.3) is 6.29 Å². The lowest BCUT2D eigenvalue weighted by Gasteiger charge is -2.07. The summed E-state index contributed by atoms with van der Waals surface area (Å²) in [4.78, 5) is 4.07. The number of hydrogen-bond acceptors (Lipinski definition) is 3. The van der Waals surface area contributed by atoms with Crippen LogP contribution in [0.15, 0.2) is 36.9 Å². The van der Waals surface area contributed by atoms with Crippen molar-refractivity contribution >= 4 is 0 Å². The van der Waals surface area contributed by atoms with Crippen molar-refractivity contribution in [2.75, 3.05) is 0 Å². The molecule has 1 aromatic heterocycles. The first-order chi connectivity index (χ1) is 5.47. The molecule has 0 N–H and O–H groups in total. The molecule has 2 rings (SSSR count). The molecule has 0 unspecified atom stereocenters. The van der Waals surface area contributed by atoms with Gasteiger partial charge in [-0.25, -0.2) is 0 Å². The fourth-order valence-electron chi connectivity index (χ4n) is 0.894. The Labute approximate surface area is 64.3 Å². The molecule has 0 aliphatic carbocycles. The molecule has 1 aliphatic heterocycles. The van der Waals surface area contributed by atoms with Crippen molar-refractivity contribution in [3.8, 4) is 0 Å². The first kappa shape index (κ1) is 6.22. The molecule has 1 aromatic rings. The number of aromatic nitrogens is 1. The molecule has 0 aromatic carbocycles. The zero-order valence-corrected chi connectivity index (χ0v) is 5.81. The second-order valence-electron chi connectivity index (χ2n) is 2.13. The topological polar surface area (TPSA) is 31.4 Å². The molecule has 0 bridgehead atoms. The summed E-state index contributed by atoms with van der Waals surface area (Å²) in [6.45, 7) is 0. The molecule has 3 nitrogen and oxygen atoms in total. The Morgan fingerprint density at radius 3 is 2.64 bits per heavy atom. The summed E-state index contributed by atoms with van der Waals surface area (Å²) < 4.78 is 10.1. The van der Waals surface area contributed by atoms with Crippen LogP contribution in [0.3, 0.4) is 0 Å². The van der Waals surface area contributed by atoms with Crippen LogP contribution >= 0.6 is 0 Å². The van der Waals surface area contributed by atoms with Gasteiger partial charge in [-0.2, -0.15) is 0 Å². The van der Waals surface area contributed by atoms with Gasteiger partial charge in [0.15, 0.2) is 0 Å². The number of pyridine rings is 1. The van der Waals surface area contributed by atoms with Gasteiger partial charge in [-0.3, -0.25) is 4.98 Å². The predicted molar refractivity (Wildman–Crippen MR) is 38.3 cm³/mol. The summed E-state index contributed by atoms with van der Waals surface area (Å²) >= 11 is 0. The quantitative estimate of drug-likeness (QED) is 0.607. The Bertz CT molecular complexity index is 250. The van der Waals surface area contributed by atoms with Crippen LogP contribution in [-0.4, -0.2) is 4.98 Å². The zero-order chi connectivity index (χ0) is 7.52. The molecule has 0 spiro atoms. The number of hydrogen-bond donors (Lipinski definition) is 0. The van der Waals surface area contributed by atoms with Gasteiger partial charge in [0.1, 0.15) is 18.2 Å². The molecule has 2 heterocycles. The van der Waals surface area contributed by atoms with Crippen molar-refractivity contribution in [3.05, 3.63) is 42.6 Å². The molecule has 1 aliphatic rings. The first-order valence-electron chi connectivity index (χ1n) is 3.34. The van der Waals surface area contributed by atoms with Gasteiger partial charge in [-0.1, -0.05) is 6.07 Å². The van der Waals surface area contributed by atoms with Gasteiger partial charge in [0.2, 0.25) is 0 Å². The average Bonchev–Trinajstić information content (AvgIpc) is 2.58. The van der Waals surface area contributed by atoms with Crippen molar-refractivity contribution < 1.29 is 9.47 Å². The normalized spacial score (nSPS) is 16.0. The summed E-state index contributed by atoms with van der Waals surface area (Å²) in [6, 6.07) is 5.61. The van der Waals surface area contributed by atoms with E-state index in [0.29, 0.717) is 0 Å². The minimum absolute atomic E-state index is 0.351. The van der Waals surface area contributed by atoms with E-state index in [1.165, 1.54) is 12.5 Å². The van der Waals surface area contributed by atoms with E-state index in [1.807, 2.05) is 18.2 Å². The average molecular weight is 149 g/mol.